The van der Waals surface area contributed by atoms with E-state index in [1.807, 2.05) is 72.3 Å². The van der Waals surface area contributed by atoms with Crippen molar-refractivity contribution in [3.63, 3.8) is 0 Å². The first-order chi connectivity index (χ1) is 15.1. The van der Waals surface area contributed by atoms with E-state index in [1.54, 1.807) is 6.20 Å². The highest BCUT2D eigenvalue weighted by Crippen LogP contribution is 2.32. The third-order valence-corrected chi connectivity index (χ3v) is 6.92. The molecule has 2 aromatic carbocycles. The third kappa shape index (κ3) is 3.64. The lowest BCUT2D eigenvalue weighted by Crippen LogP contribution is -2.30. The molecule has 4 aromatic rings. The van der Waals surface area contributed by atoms with E-state index in [4.69, 9.17) is 0 Å². The van der Waals surface area contributed by atoms with Crippen LogP contribution >= 0.6 is 11.3 Å². The van der Waals surface area contributed by atoms with Gasteiger partial charge in [0.15, 0.2) is 0 Å². The fourth-order valence-electron chi connectivity index (χ4n) is 4.18. The summed E-state index contributed by atoms with van der Waals surface area (Å²) in [6, 6.07) is 18.3. The molecule has 1 aliphatic rings. The molecule has 31 heavy (non-hydrogen) atoms. The van der Waals surface area contributed by atoms with Crippen LogP contribution in [-0.2, 0) is 13.0 Å². The molecule has 3 heterocycles. The molecule has 0 fully saturated rings. The topological polar surface area (TPSA) is 50.2 Å². The number of benzene rings is 2. The second-order valence-electron chi connectivity index (χ2n) is 7.85. The number of fused-ring (bicyclic) bond motifs is 1. The van der Waals surface area contributed by atoms with Crippen LogP contribution in [-0.4, -0.2) is 22.2 Å². The Morgan fingerprint density at radius 3 is 2.65 bits per heavy atom. The van der Waals surface area contributed by atoms with Crippen molar-refractivity contribution in [1.29, 1.82) is 0 Å². The van der Waals surface area contributed by atoms with Crippen molar-refractivity contribution in [2.45, 2.75) is 26.8 Å². The van der Waals surface area contributed by atoms with Crippen LogP contribution in [0.4, 0.5) is 11.4 Å². The molecular formula is C25H24N4OS. The van der Waals surface area contributed by atoms with E-state index in [2.05, 4.69) is 32.8 Å². The maximum atomic E-state index is 13.2. The molecule has 156 valence electrons. The maximum Gasteiger partial charge on any atom is 0.259 e. The summed E-state index contributed by atoms with van der Waals surface area (Å²) in [4.78, 5) is 17.0. The Morgan fingerprint density at radius 1 is 1.03 bits per heavy atom. The molecule has 6 heteroatoms. The van der Waals surface area contributed by atoms with Crippen LogP contribution in [0.2, 0.25) is 0 Å². The second-order valence-corrected chi connectivity index (χ2v) is 8.85. The molecule has 0 atom stereocenters. The van der Waals surface area contributed by atoms with Crippen LogP contribution in [0.25, 0.3) is 5.69 Å². The molecule has 0 radical (unpaired) electrons. The molecule has 0 aliphatic carbocycles. The largest absolute Gasteiger partial charge is 0.365 e. The van der Waals surface area contributed by atoms with Crippen molar-refractivity contribution >= 4 is 28.6 Å². The first-order valence-electron chi connectivity index (χ1n) is 10.4. The summed E-state index contributed by atoms with van der Waals surface area (Å²) >= 11 is 1.83. The summed E-state index contributed by atoms with van der Waals surface area (Å²) in [5.74, 6) is -0.141. The molecule has 1 amide bonds. The van der Waals surface area contributed by atoms with Crippen LogP contribution < -0.4 is 10.2 Å². The Morgan fingerprint density at radius 2 is 1.81 bits per heavy atom. The van der Waals surface area contributed by atoms with Crippen LogP contribution in [0.1, 0.15) is 32.1 Å². The molecule has 0 saturated carbocycles. The van der Waals surface area contributed by atoms with Crippen LogP contribution in [0.15, 0.2) is 66.2 Å². The Labute approximate surface area is 186 Å². The number of thiophene rings is 1. The Balaban J connectivity index is 1.41. The number of amides is 1. The summed E-state index contributed by atoms with van der Waals surface area (Å²) < 4.78 is 1.83. The second kappa shape index (κ2) is 8.04. The van der Waals surface area contributed by atoms with Gasteiger partial charge in [0.05, 0.1) is 34.5 Å². The quantitative estimate of drug-likeness (QED) is 0.476. The van der Waals surface area contributed by atoms with E-state index in [9.17, 15) is 4.79 Å². The van der Waals surface area contributed by atoms with Crippen LogP contribution in [0, 0.1) is 13.8 Å². The Kier molecular flexibility index (Phi) is 5.08. The van der Waals surface area contributed by atoms with Crippen LogP contribution in [0.5, 0.6) is 0 Å². The number of aryl methyl sites for hydroxylation is 1. The van der Waals surface area contributed by atoms with Crippen molar-refractivity contribution in [3.05, 3.63) is 93.4 Å². The van der Waals surface area contributed by atoms with Gasteiger partial charge in [0, 0.05) is 18.0 Å². The number of nitrogens with one attached hydrogen (secondary N) is 1. The first-order valence-corrected chi connectivity index (χ1v) is 11.3. The molecule has 0 saturated heterocycles. The minimum atomic E-state index is -0.141. The highest BCUT2D eigenvalue weighted by molar-refractivity contribution is 7.10. The minimum absolute atomic E-state index is 0.141. The number of carbonyl (C=O) groups excluding carboxylic acids is 1. The average Bonchev–Trinajstić information content (AvgIpc) is 3.40. The van der Waals surface area contributed by atoms with E-state index in [1.165, 1.54) is 10.4 Å². The molecule has 0 unspecified atom stereocenters. The lowest BCUT2D eigenvalue weighted by Gasteiger charge is -2.30. The zero-order valence-electron chi connectivity index (χ0n) is 17.6. The van der Waals surface area contributed by atoms with Crippen LogP contribution in [0.3, 0.4) is 0 Å². The standard InChI is InChI=1S/C25H24N4OS/c1-17-7-3-5-9-22(17)29-18(2)20(15-26-29)25(30)27-21-8-4-6-10-23(21)28-13-11-24-19(16-28)12-14-31-24/h3-10,12,14-15H,11,13,16H2,1-2H3,(H,27,30). The number of aromatic nitrogens is 2. The smallest absolute Gasteiger partial charge is 0.259 e. The Bertz CT molecular complexity index is 1260. The van der Waals surface area contributed by atoms with Gasteiger partial charge < -0.3 is 10.2 Å². The maximum absolute atomic E-state index is 13.2. The SMILES string of the molecule is Cc1ccccc1-n1ncc(C(=O)Nc2ccccc2N2CCc3sccc3C2)c1C. The fraction of sp³-hybridized carbons (Fsp3) is 0.200. The van der Waals surface area contributed by atoms with Crippen molar-refractivity contribution in [3.8, 4) is 5.69 Å². The number of hydrogen-bond donors (Lipinski definition) is 1. The van der Waals surface area contributed by atoms with Gasteiger partial charge in [-0.05, 0) is 61.0 Å². The van der Waals surface area contributed by atoms with Gasteiger partial charge in [-0.15, -0.1) is 11.3 Å². The van der Waals surface area contributed by atoms with Gasteiger partial charge in [0.2, 0.25) is 0 Å². The van der Waals surface area contributed by atoms with Crippen molar-refractivity contribution in [2.24, 2.45) is 0 Å². The monoisotopic (exact) mass is 428 g/mol. The van der Waals surface area contributed by atoms with E-state index in [-0.39, 0.29) is 5.91 Å². The van der Waals surface area contributed by atoms with E-state index >= 15 is 0 Å². The summed E-state index contributed by atoms with van der Waals surface area (Å²) in [7, 11) is 0. The number of para-hydroxylation sites is 3. The molecule has 1 aliphatic heterocycles. The lowest BCUT2D eigenvalue weighted by molar-refractivity contribution is 0.102. The highest BCUT2D eigenvalue weighted by Gasteiger charge is 2.21. The molecule has 1 N–H and O–H groups in total. The number of anilines is 2. The van der Waals surface area contributed by atoms with E-state index in [0.29, 0.717) is 5.56 Å². The van der Waals surface area contributed by atoms with Crippen molar-refractivity contribution in [2.75, 3.05) is 16.8 Å². The molecule has 5 rings (SSSR count). The number of carbonyl (C=O) groups is 1. The molecule has 2 aromatic heterocycles. The van der Waals surface area contributed by atoms with Gasteiger partial charge >= 0.3 is 0 Å². The Hall–Kier alpha value is -3.38. The van der Waals surface area contributed by atoms with Crippen molar-refractivity contribution < 1.29 is 4.79 Å². The fourth-order valence-corrected chi connectivity index (χ4v) is 5.06. The third-order valence-electron chi connectivity index (χ3n) is 5.90. The minimum Gasteiger partial charge on any atom is -0.365 e. The summed E-state index contributed by atoms with van der Waals surface area (Å²) in [5, 5.41) is 9.78. The van der Waals surface area contributed by atoms with E-state index < -0.39 is 0 Å². The number of rotatable bonds is 4. The lowest BCUT2D eigenvalue weighted by atomic mass is 10.1. The summed E-state index contributed by atoms with van der Waals surface area (Å²) in [5.41, 5.74) is 6.77. The highest BCUT2D eigenvalue weighted by atomic mass is 32.1. The van der Waals surface area contributed by atoms with Gasteiger partial charge in [-0.25, -0.2) is 4.68 Å². The van der Waals surface area contributed by atoms with Gasteiger partial charge in [-0.3, -0.25) is 4.79 Å². The van der Waals surface area contributed by atoms with Gasteiger partial charge in [0.25, 0.3) is 5.91 Å². The first kappa shape index (κ1) is 19.6. The number of hydrogen-bond acceptors (Lipinski definition) is 4. The van der Waals surface area contributed by atoms with Gasteiger partial charge in [-0.2, -0.15) is 5.10 Å². The predicted octanol–water partition coefficient (Wildman–Crippen LogP) is 5.37. The summed E-state index contributed by atoms with van der Waals surface area (Å²) in [6.07, 6.45) is 2.69. The zero-order valence-corrected chi connectivity index (χ0v) is 18.4. The van der Waals surface area contributed by atoms with Gasteiger partial charge in [0.1, 0.15) is 0 Å². The van der Waals surface area contributed by atoms with Crippen molar-refractivity contribution in [1.82, 2.24) is 9.78 Å². The summed E-state index contributed by atoms with van der Waals surface area (Å²) in [6.45, 7) is 5.80. The average molecular weight is 429 g/mol. The molecular weight excluding hydrogens is 404 g/mol. The molecule has 5 nitrogen and oxygen atoms in total. The molecule has 0 bridgehead atoms. The normalized spacial score (nSPS) is 13.2. The van der Waals surface area contributed by atoms with E-state index in [0.717, 1.165) is 47.8 Å². The molecule has 0 spiro atoms. The zero-order chi connectivity index (χ0) is 21.4. The van der Waals surface area contributed by atoms with Gasteiger partial charge in [-0.1, -0.05) is 30.3 Å². The predicted molar refractivity (Wildman–Crippen MR) is 127 cm³/mol. The number of nitrogens with zero attached hydrogens (tertiary/aromatic N) is 3.